The van der Waals surface area contributed by atoms with Gasteiger partial charge in [-0.25, -0.2) is 4.68 Å². The van der Waals surface area contributed by atoms with Crippen molar-refractivity contribution < 1.29 is 4.79 Å². The lowest BCUT2D eigenvalue weighted by atomic mass is 10.1. The summed E-state index contributed by atoms with van der Waals surface area (Å²) in [5.41, 5.74) is 1.18. The minimum Gasteiger partial charge on any atom is -0.335 e. The molecule has 0 N–H and O–H groups in total. The van der Waals surface area contributed by atoms with Crippen molar-refractivity contribution in [2.24, 2.45) is 5.92 Å². The Balaban J connectivity index is 1.42. The largest absolute Gasteiger partial charge is 0.335 e. The van der Waals surface area contributed by atoms with Crippen LogP contribution in [0.3, 0.4) is 0 Å². The van der Waals surface area contributed by atoms with Crippen molar-refractivity contribution in [2.75, 3.05) is 5.75 Å². The van der Waals surface area contributed by atoms with E-state index < -0.39 is 0 Å². The van der Waals surface area contributed by atoms with Crippen LogP contribution in [0.25, 0.3) is 0 Å². The Morgan fingerprint density at radius 2 is 2.04 bits per heavy atom. The van der Waals surface area contributed by atoms with Crippen LogP contribution in [-0.4, -0.2) is 42.8 Å². The number of thioether (sulfide) groups is 1. The maximum Gasteiger partial charge on any atom is 0.233 e. The van der Waals surface area contributed by atoms with Gasteiger partial charge in [0.2, 0.25) is 11.1 Å². The van der Waals surface area contributed by atoms with E-state index in [0.29, 0.717) is 24.3 Å². The molecular weight excluding hydrogens is 334 g/mol. The van der Waals surface area contributed by atoms with E-state index in [9.17, 15) is 4.79 Å². The standard InChI is InChI=1S/C18H23N5OS/c1-13(15-7-8-15)22(11-14-5-3-2-4-6-14)17(24)12-25-18-19-20-21-23(18)16-9-10-16/h2-6,13,15-16H,7-12H2,1H3. The van der Waals surface area contributed by atoms with Crippen molar-refractivity contribution >= 4 is 17.7 Å². The van der Waals surface area contributed by atoms with Crippen LogP contribution < -0.4 is 0 Å². The topological polar surface area (TPSA) is 63.9 Å². The molecule has 2 aliphatic rings. The van der Waals surface area contributed by atoms with Crippen LogP contribution in [0.5, 0.6) is 0 Å². The van der Waals surface area contributed by atoms with Crippen molar-refractivity contribution in [3.05, 3.63) is 35.9 Å². The molecule has 4 rings (SSSR count). The zero-order valence-electron chi connectivity index (χ0n) is 14.4. The Morgan fingerprint density at radius 3 is 2.72 bits per heavy atom. The van der Waals surface area contributed by atoms with Crippen LogP contribution in [0.1, 0.15) is 44.2 Å². The zero-order chi connectivity index (χ0) is 17.2. The van der Waals surface area contributed by atoms with Crippen molar-refractivity contribution in [1.82, 2.24) is 25.1 Å². The molecule has 0 aliphatic heterocycles. The lowest BCUT2D eigenvalue weighted by Gasteiger charge is -2.29. The number of carbonyl (C=O) groups excluding carboxylic acids is 1. The maximum atomic E-state index is 12.9. The van der Waals surface area contributed by atoms with Gasteiger partial charge in [0, 0.05) is 12.6 Å². The first-order chi connectivity index (χ1) is 12.2. The molecular formula is C18H23N5OS. The molecule has 2 saturated carbocycles. The first-order valence-corrected chi connectivity index (χ1v) is 9.95. The van der Waals surface area contributed by atoms with Gasteiger partial charge in [0.25, 0.3) is 0 Å². The Labute approximate surface area is 152 Å². The number of amides is 1. The Morgan fingerprint density at radius 1 is 1.28 bits per heavy atom. The fourth-order valence-corrected chi connectivity index (χ4v) is 3.94. The summed E-state index contributed by atoms with van der Waals surface area (Å²) in [6.45, 7) is 2.85. The predicted molar refractivity (Wildman–Crippen MR) is 96.0 cm³/mol. The molecule has 1 heterocycles. The number of benzene rings is 1. The fraction of sp³-hybridized carbons (Fsp3) is 0.556. The number of hydrogen-bond donors (Lipinski definition) is 0. The lowest BCUT2D eigenvalue weighted by molar-refractivity contribution is -0.131. The second-order valence-corrected chi connectivity index (χ2v) is 7.95. The Kier molecular flexibility index (Phi) is 4.74. The van der Waals surface area contributed by atoms with E-state index in [1.165, 1.54) is 30.2 Å². The van der Waals surface area contributed by atoms with Crippen molar-refractivity contribution in [1.29, 1.82) is 0 Å². The first kappa shape index (κ1) is 16.6. The summed E-state index contributed by atoms with van der Waals surface area (Å²) in [6.07, 6.45) is 4.72. The Bertz CT molecular complexity index is 726. The maximum absolute atomic E-state index is 12.9. The van der Waals surface area contributed by atoms with Gasteiger partial charge in [-0.2, -0.15) is 0 Å². The van der Waals surface area contributed by atoms with Crippen molar-refractivity contribution in [2.45, 2.75) is 56.4 Å². The molecule has 1 unspecified atom stereocenters. The van der Waals surface area contributed by atoms with Crippen LogP contribution in [0, 0.1) is 5.92 Å². The van der Waals surface area contributed by atoms with Gasteiger partial charge in [-0.3, -0.25) is 4.79 Å². The van der Waals surface area contributed by atoms with Crippen LogP contribution in [0.15, 0.2) is 35.5 Å². The van der Waals surface area contributed by atoms with Gasteiger partial charge in [-0.1, -0.05) is 42.1 Å². The number of nitrogens with zero attached hydrogens (tertiary/aromatic N) is 5. The fourth-order valence-electron chi connectivity index (χ4n) is 3.11. The molecule has 2 aromatic rings. The molecule has 0 bridgehead atoms. The molecule has 7 heteroatoms. The van der Waals surface area contributed by atoms with Gasteiger partial charge in [-0.05, 0) is 54.5 Å². The lowest BCUT2D eigenvalue weighted by Crippen LogP contribution is -2.40. The highest BCUT2D eigenvalue weighted by molar-refractivity contribution is 7.99. The van der Waals surface area contributed by atoms with Gasteiger partial charge >= 0.3 is 0 Å². The molecule has 2 fully saturated rings. The molecule has 0 saturated heterocycles. The van der Waals surface area contributed by atoms with E-state index in [0.717, 1.165) is 18.0 Å². The van der Waals surface area contributed by atoms with E-state index in [1.807, 2.05) is 27.8 Å². The molecule has 1 atom stereocenters. The molecule has 132 valence electrons. The number of hydrogen-bond acceptors (Lipinski definition) is 5. The SMILES string of the molecule is CC(C1CC1)N(Cc1ccccc1)C(=O)CSc1nnnn1C1CC1. The monoisotopic (exact) mass is 357 g/mol. The highest BCUT2D eigenvalue weighted by Gasteiger charge is 2.34. The minimum absolute atomic E-state index is 0.165. The molecule has 1 amide bonds. The summed E-state index contributed by atoms with van der Waals surface area (Å²) in [5, 5.41) is 12.7. The second kappa shape index (κ2) is 7.15. The molecule has 2 aliphatic carbocycles. The average molecular weight is 357 g/mol. The summed E-state index contributed by atoms with van der Waals surface area (Å²) in [7, 11) is 0. The Hall–Kier alpha value is -1.89. The third-order valence-corrected chi connectivity index (χ3v) is 5.91. The number of aromatic nitrogens is 4. The van der Waals surface area contributed by atoms with Gasteiger partial charge < -0.3 is 4.90 Å². The van der Waals surface area contributed by atoms with Gasteiger partial charge in [0.1, 0.15) is 0 Å². The van der Waals surface area contributed by atoms with Crippen LogP contribution >= 0.6 is 11.8 Å². The van der Waals surface area contributed by atoms with Gasteiger partial charge in [0.05, 0.1) is 11.8 Å². The summed E-state index contributed by atoms with van der Waals surface area (Å²) in [6, 6.07) is 10.9. The second-order valence-electron chi connectivity index (χ2n) is 7.01. The molecule has 0 radical (unpaired) electrons. The molecule has 1 aromatic heterocycles. The first-order valence-electron chi connectivity index (χ1n) is 8.96. The van der Waals surface area contributed by atoms with Gasteiger partial charge in [0.15, 0.2) is 0 Å². The summed E-state index contributed by atoms with van der Waals surface area (Å²) >= 11 is 1.45. The number of rotatable bonds is 8. The van der Waals surface area contributed by atoms with Crippen molar-refractivity contribution in [3.63, 3.8) is 0 Å². The number of tetrazole rings is 1. The molecule has 6 nitrogen and oxygen atoms in total. The smallest absolute Gasteiger partial charge is 0.233 e. The third-order valence-electron chi connectivity index (χ3n) is 4.99. The third kappa shape index (κ3) is 4.03. The highest BCUT2D eigenvalue weighted by Crippen LogP contribution is 2.37. The normalized spacial score (nSPS) is 18.1. The molecule has 25 heavy (non-hydrogen) atoms. The average Bonchev–Trinajstić information content (AvgIpc) is 3.56. The molecule has 0 spiro atoms. The van der Waals surface area contributed by atoms with Gasteiger partial charge in [-0.15, -0.1) is 5.10 Å². The predicted octanol–water partition coefficient (Wildman–Crippen LogP) is 2.93. The van der Waals surface area contributed by atoms with Crippen molar-refractivity contribution in [3.8, 4) is 0 Å². The molecule has 1 aromatic carbocycles. The van der Waals surface area contributed by atoms with Crippen LogP contribution in [-0.2, 0) is 11.3 Å². The van der Waals surface area contributed by atoms with Crippen LogP contribution in [0.2, 0.25) is 0 Å². The van der Waals surface area contributed by atoms with E-state index >= 15 is 0 Å². The summed E-state index contributed by atoms with van der Waals surface area (Å²) < 4.78 is 1.86. The summed E-state index contributed by atoms with van der Waals surface area (Å²) in [4.78, 5) is 15.0. The van der Waals surface area contributed by atoms with E-state index in [1.54, 1.807) is 0 Å². The summed E-state index contributed by atoms with van der Waals surface area (Å²) in [5.74, 6) is 1.20. The van der Waals surface area contributed by atoms with E-state index in [-0.39, 0.29) is 11.9 Å². The number of carbonyl (C=O) groups is 1. The van der Waals surface area contributed by atoms with E-state index in [2.05, 4.69) is 34.6 Å². The quantitative estimate of drug-likeness (QED) is 0.680. The highest BCUT2D eigenvalue weighted by atomic mass is 32.2. The minimum atomic E-state index is 0.165. The van der Waals surface area contributed by atoms with E-state index in [4.69, 9.17) is 0 Å². The zero-order valence-corrected chi connectivity index (χ0v) is 15.2. The van der Waals surface area contributed by atoms with Crippen LogP contribution in [0.4, 0.5) is 0 Å².